The minimum Gasteiger partial charge on any atom is -0.496 e. The van der Waals surface area contributed by atoms with Crippen LogP contribution >= 0.6 is 12.4 Å². The highest BCUT2D eigenvalue weighted by Gasteiger charge is 2.46. The third kappa shape index (κ3) is 4.63. The Morgan fingerprint density at radius 3 is 2.72 bits per heavy atom. The van der Waals surface area contributed by atoms with Gasteiger partial charge in [0, 0.05) is 32.7 Å². The van der Waals surface area contributed by atoms with E-state index in [4.69, 9.17) is 14.2 Å². The molecule has 25 heavy (non-hydrogen) atoms. The van der Waals surface area contributed by atoms with E-state index in [9.17, 15) is 9.50 Å². The highest BCUT2D eigenvalue weighted by Crippen LogP contribution is 2.37. The van der Waals surface area contributed by atoms with Gasteiger partial charge in [-0.3, -0.25) is 0 Å². The van der Waals surface area contributed by atoms with Gasteiger partial charge in [-0.1, -0.05) is 0 Å². The van der Waals surface area contributed by atoms with Crippen LogP contribution in [0.15, 0.2) is 18.2 Å². The van der Waals surface area contributed by atoms with Crippen LogP contribution in [0.2, 0.25) is 0 Å². The quantitative estimate of drug-likeness (QED) is 0.823. The van der Waals surface area contributed by atoms with Crippen molar-refractivity contribution in [2.24, 2.45) is 5.92 Å². The Bertz CT molecular complexity index is 530. The molecule has 2 aliphatic rings. The lowest BCUT2D eigenvalue weighted by molar-refractivity contribution is -0.163. The zero-order valence-electron chi connectivity index (χ0n) is 14.5. The van der Waals surface area contributed by atoms with Gasteiger partial charge in [0.25, 0.3) is 0 Å². The van der Waals surface area contributed by atoms with Gasteiger partial charge in [0.15, 0.2) is 0 Å². The van der Waals surface area contributed by atoms with E-state index in [-0.39, 0.29) is 30.2 Å². The number of benzene rings is 1. The number of halogens is 2. The monoisotopic (exact) mass is 375 g/mol. The van der Waals surface area contributed by atoms with Gasteiger partial charge in [0.05, 0.1) is 25.4 Å². The Hall–Kier alpha value is -0.920. The number of morpholine rings is 1. The van der Waals surface area contributed by atoms with Crippen molar-refractivity contribution in [2.75, 3.05) is 40.0 Å². The summed E-state index contributed by atoms with van der Waals surface area (Å²) >= 11 is 0. The molecular weight excluding hydrogens is 349 g/mol. The summed E-state index contributed by atoms with van der Waals surface area (Å²) < 4.78 is 30.4. The minimum absolute atomic E-state index is 0. The number of nitrogens with one attached hydrogen (secondary N) is 1. The molecule has 1 aromatic rings. The maximum Gasteiger partial charge on any atom is 0.123 e. The second-order valence-corrected chi connectivity index (χ2v) is 6.57. The lowest BCUT2D eigenvalue weighted by atomic mass is 9.74. The van der Waals surface area contributed by atoms with Crippen molar-refractivity contribution in [3.05, 3.63) is 29.6 Å². The van der Waals surface area contributed by atoms with Crippen molar-refractivity contribution in [3.63, 3.8) is 0 Å². The van der Waals surface area contributed by atoms with E-state index in [1.165, 1.54) is 12.1 Å². The van der Waals surface area contributed by atoms with E-state index < -0.39 is 5.60 Å². The summed E-state index contributed by atoms with van der Waals surface area (Å²) in [6.45, 7) is 3.20. The maximum absolute atomic E-state index is 13.7. The molecule has 0 radical (unpaired) electrons. The normalized spacial score (nSPS) is 24.2. The molecule has 2 aliphatic heterocycles. The average Bonchev–Trinajstić information content (AvgIpc) is 2.63. The first-order chi connectivity index (χ1) is 11.6. The predicted octanol–water partition coefficient (Wildman–Crippen LogP) is 1.94. The molecule has 0 amide bonds. The van der Waals surface area contributed by atoms with E-state index >= 15 is 0 Å². The maximum atomic E-state index is 13.7. The third-order valence-corrected chi connectivity index (χ3v) is 5.13. The first-order valence-corrected chi connectivity index (χ1v) is 8.58. The van der Waals surface area contributed by atoms with E-state index in [1.54, 1.807) is 13.2 Å². The van der Waals surface area contributed by atoms with Crippen LogP contribution in [0, 0.1) is 11.7 Å². The molecule has 2 heterocycles. The second-order valence-electron chi connectivity index (χ2n) is 6.57. The van der Waals surface area contributed by atoms with Crippen LogP contribution in [0.25, 0.3) is 0 Å². The molecule has 0 bridgehead atoms. The lowest BCUT2D eigenvalue weighted by Crippen LogP contribution is -2.59. The third-order valence-electron chi connectivity index (χ3n) is 5.13. The zero-order valence-corrected chi connectivity index (χ0v) is 15.3. The standard InChI is InChI=1S/C18H26FNO4.ClH/c1-22-16-3-2-15(19)10-13(16)11-18(21,14-4-7-23-8-5-14)17-12-20-6-9-24-17;/h2-3,10,14,17,20-21H,4-9,11-12H2,1H3;1H/t17?,18-;/m1./s1. The molecular formula is C18H27ClFNO4. The summed E-state index contributed by atoms with van der Waals surface area (Å²) in [6.07, 6.45) is 1.51. The van der Waals surface area contributed by atoms with Gasteiger partial charge < -0.3 is 24.6 Å². The fourth-order valence-corrected chi connectivity index (χ4v) is 3.80. The summed E-state index contributed by atoms with van der Waals surface area (Å²) in [5.41, 5.74) is -0.418. The van der Waals surface area contributed by atoms with Crippen molar-refractivity contribution < 1.29 is 23.7 Å². The molecule has 3 rings (SSSR count). The van der Waals surface area contributed by atoms with Crippen molar-refractivity contribution in [1.29, 1.82) is 0 Å². The molecule has 7 heteroatoms. The summed E-state index contributed by atoms with van der Waals surface area (Å²) in [6, 6.07) is 4.42. The van der Waals surface area contributed by atoms with Gasteiger partial charge in [0.1, 0.15) is 11.6 Å². The minimum atomic E-state index is -1.09. The van der Waals surface area contributed by atoms with E-state index in [2.05, 4.69) is 5.32 Å². The predicted molar refractivity (Wildman–Crippen MR) is 95.0 cm³/mol. The Morgan fingerprint density at radius 2 is 2.08 bits per heavy atom. The second kappa shape index (κ2) is 9.14. The van der Waals surface area contributed by atoms with Crippen LogP contribution in [-0.2, 0) is 15.9 Å². The fraction of sp³-hybridized carbons (Fsp3) is 0.667. The Balaban J connectivity index is 0.00000225. The number of rotatable bonds is 5. The van der Waals surface area contributed by atoms with E-state index in [1.807, 2.05) is 0 Å². The van der Waals surface area contributed by atoms with Crippen LogP contribution in [0.3, 0.4) is 0 Å². The van der Waals surface area contributed by atoms with Gasteiger partial charge in [-0.25, -0.2) is 4.39 Å². The molecule has 1 unspecified atom stereocenters. The Morgan fingerprint density at radius 1 is 1.32 bits per heavy atom. The highest BCUT2D eigenvalue weighted by atomic mass is 35.5. The summed E-state index contributed by atoms with van der Waals surface area (Å²) in [5, 5.41) is 14.9. The van der Waals surface area contributed by atoms with E-state index in [0.717, 1.165) is 19.4 Å². The Labute approximate surface area is 154 Å². The Kier molecular flexibility index (Phi) is 7.46. The molecule has 142 valence electrons. The lowest BCUT2D eigenvalue weighted by Gasteiger charge is -2.45. The van der Waals surface area contributed by atoms with Crippen LogP contribution in [0.4, 0.5) is 4.39 Å². The van der Waals surface area contributed by atoms with Gasteiger partial charge in [-0.15, -0.1) is 12.4 Å². The van der Waals surface area contributed by atoms with Crippen LogP contribution in [0.5, 0.6) is 5.75 Å². The zero-order chi connectivity index (χ0) is 17.0. The molecule has 0 saturated carbocycles. The van der Waals surface area contributed by atoms with Gasteiger partial charge in [-0.05, 0) is 42.5 Å². The van der Waals surface area contributed by atoms with Crippen LogP contribution in [-0.4, -0.2) is 56.8 Å². The SMILES string of the molecule is COc1ccc(F)cc1C[C@@](O)(C1CCOCC1)C1CNCCO1.Cl. The molecule has 0 aromatic heterocycles. The van der Waals surface area contributed by atoms with Gasteiger partial charge >= 0.3 is 0 Å². The molecule has 1 aromatic carbocycles. The largest absolute Gasteiger partial charge is 0.496 e. The molecule has 2 N–H and O–H groups in total. The van der Waals surface area contributed by atoms with E-state index in [0.29, 0.717) is 44.1 Å². The number of methoxy groups -OCH3 is 1. The molecule has 2 fully saturated rings. The molecule has 2 saturated heterocycles. The average molecular weight is 376 g/mol. The highest BCUT2D eigenvalue weighted by molar-refractivity contribution is 5.85. The topological polar surface area (TPSA) is 60.0 Å². The van der Waals surface area contributed by atoms with Crippen molar-refractivity contribution >= 4 is 12.4 Å². The van der Waals surface area contributed by atoms with Gasteiger partial charge in [-0.2, -0.15) is 0 Å². The van der Waals surface area contributed by atoms with Crippen molar-refractivity contribution in [1.82, 2.24) is 5.32 Å². The first kappa shape index (κ1) is 20.4. The van der Waals surface area contributed by atoms with Gasteiger partial charge in [0.2, 0.25) is 0 Å². The number of hydrogen-bond donors (Lipinski definition) is 2. The molecule has 5 nitrogen and oxygen atoms in total. The molecule has 2 atom stereocenters. The summed E-state index contributed by atoms with van der Waals surface area (Å²) in [5.74, 6) is 0.303. The molecule has 0 aliphatic carbocycles. The number of hydrogen-bond acceptors (Lipinski definition) is 5. The first-order valence-electron chi connectivity index (χ1n) is 8.58. The fourth-order valence-electron chi connectivity index (χ4n) is 3.80. The number of aliphatic hydroxyl groups is 1. The van der Waals surface area contributed by atoms with Crippen LogP contribution < -0.4 is 10.1 Å². The van der Waals surface area contributed by atoms with Crippen molar-refractivity contribution in [3.8, 4) is 5.75 Å². The smallest absolute Gasteiger partial charge is 0.123 e. The summed E-state index contributed by atoms with van der Waals surface area (Å²) in [4.78, 5) is 0. The summed E-state index contributed by atoms with van der Waals surface area (Å²) in [7, 11) is 1.56. The van der Waals surface area contributed by atoms with Crippen molar-refractivity contribution in [2.45, 2.75) is 31.0 Å². The molecule has 0 spiro atoms. The number of ether oxygens (including phenoxy) is 3. The van der Waals surface area contributed by atoms with Crippen LogP contribution in [0.1, 0.15) is 18.4 Å².